The van der Waals surface area contributed by atoms with Crippen LogP contribution in [0.5, 0.6) is 0 Å². The summed E-state index contributed by atoms with van der Waals surface area (Å²) < 4.78 is 0. The topological polar surface area (TPSA) is 115 Å². The highest BCUT2D eigenvalue weighted by Gasteiger charge is 2.14. The lowest BCUT2D eigenvalue weighted by atomic mass is 10.2. The minimum Gasteiger partial charge on any atom is -0.366 e. The Labute approximate surface area is 102 Å². The first-order valence-corrected chi connectivity index (χ1v) is 4.93. The second-order valence-electron chi connectivity index (χ2n) is 3.50. The van der Waals surface area contributed by atoms with E-state index in [2.05, 4.69) is 5.32 Å². The van der Waals surface area contributed by atoms with Crippen LogP contribution in [0.25, 0.3) is 0 Å². The molecule has 94 valence electrons. The van der Waals surface area contributed by atoms with Gasteiger partial charge in [0, 0.05) is 18.2 Å². The molecular weight excluding hydrogens is 238 g/mol. The maximum Gasteiger partial charge on any atom is 0.293 e. The summed E-state index contributed by atoms with van der Waals surface area (Å²) in [7, 11) is 0. The van der Waals surface area contributed by atoms with Gasteiger partial charge >= 0.3 is 0 Å². The number of hydrogen-bond donors (Lipinski definition) is 2. The Morgan fingerprint density at radius 3 is 2.61 bits per heavy atom. The lowest BCUT2D eigenvalue weighted by Gasteiger charge is -2.04. The molecule has 7 nitrogen and oxygen atoms in total. The van der Waals surface area contributed by atoms with Crippen molar-refractivity contribution in [1.29, 1.82) is 0 Å². The van der Waals surface area contributed by atoms with Crippen LogP contribution in [0.4, 0.5) is 11.4 Å². The molecule has 0 aliphatic heterocycles. The van der Waals surface area contributed by atoms with Crippen molar-refractivity contribution >= 4 is 23.2 Å². The average Bonchev–Trinajstić information content (AvgIpc) is 2.28. The first kappa shape index (κ1) is 13.4. The SMILES string of the molecule is Cc1ccc(NC(=O)C=CC(N)=O)c([N+](=O)[O-])c1. The van der Waals surface area contributed by atoms with Crippen LogP contribution in [0.3, 0.4) is 0 Å². The van der Waals surface area contributed by atoms with Gasteiger partial charge in [0.05, 0.1) is 4.92 Å². The first-order chi connectivity index (χ1) is 8.40. The van der Waals surface area contributed by atoms with E-state index in [1.54, 1.807) is 13.0 Å². The fourth-order valence-corrected chi connectivity index (χ4v) is 1.23. The number of rotatable bonds is 4. The first-order valence-electron chi connectivity index (χ1n) is 4.93. The summed E-state index contributed by atoms with van der Waals surface area (Å²) in [6.45, 7) is 1.70. The largest absolute Gasteiger partial charge is 0.366 e. The van der Waals surface area contributed by atoms with Crippen molar-refractivity contribution in [2.75, 3.05) is 5.32 Å². The van der Waals surface area contributed by atoms with Gasteiger partial charge in [0.1, 0.15) is 5.69 Å². The molecule has 0 unspecified atom stereocenters. The van der Waals surface area contributed by atoms with Gasteiger partial charge in [-0.15, -0.1) is 0 Å². The zero-order valence-electron chi connectivity index (χ0n) is 9.54. The van der Waals surface area contributed by atoms with Crippen molar-refractivity contribution in [3.05, 3.63) is 46.0 Å². The number of benzene rings is 1. The molecule has 7 heteroatoms. The van der Waals surface area contributed by atoms with Crippen LogP contribution >= 0.6 is 0 Å². The molecule has 1 aromatic carbocycles. The van der Waals surface area contributed by atoms with E-state index in [0.717, 1.165) is 12.2 Å². The summed E-state index contributed by atoms with van der Waals surface area (Å²) in [5, 5.41) is 13.1. The van der Waals surface area contributed by atoms with Crippen LogP contribution in [0.15, 0.2) is 30.4 Å². The summed E-state index contributed by atoms with van der Waals surface area (Å²) in [4.78, 5) is 32.0. The number of anilines is 1. The molecule has 0 spiro atoms. The Morgan fingerprint density at radius 2 is 2.06 bits per heavy atom. The van der Waals surface area contributed by atoms with E-state index in [0.29, 0.717) is 5.56 Å². The van der Waals surface area contributed by atoms with Gasteiger partial charge in [0.25, 0.3) is 5.69 Å². The molecule has 3 N–H and O–H groups in total. The summed E-state index contributed by atoms with van der Waals surface area (Å²) in [6.07, 6.45) is 1.78. The molecule has 18 heavy (non-hydrogen) atoms. The second-order valence-corrected chi connectivity index (χ2v) is 3.50. The maximum absolute atomic E-state index is 11.3. The number of nitrogens with one attached hydrogen (secondary N) is 1. The van der Waals surface area contributed by atoms with Crippen molar-refractivity contribution in [2.45, 2.75) is 6.92 Å². The van der Waals surface area contributed by atoms with E-state index >= 15 is 0 Å². The number of aryl methyl sites for hydroxylation is 1. The van der Waals surface area contributed by atoms with Gasteiger partial charge in [-0.3, -0.25) is 19.7 Å². The molecule has 1 aromatic rings. The van der Waals surface area contributed by atoms with Gasteiger partial charge < -0.3 is 11.1 Å². The van der Waals surface area contributed by atoms with Gasteiger partial charge in [-0.2, -0.15) is 0 Å². The molecule has 2 amide bonds. The Hall–Kier alpha value is -2.70. The molecule has 0 saturated heterocycles. The number of carbonyl (C=O) groups is 2. The van der Waals surface area contributed by atoms with Gasteiger partial charge in [-0.1, -0.05) is 6.07 Å². The van der Waals surface area contributed by atoms with Crippen molar-refractivity contribution in [3.63, 3.8) is 0 Å². The fourth-order valence-electron chi connectivity index (χ4n) is 1.23. The van der Waals surface area contributed by atoms with Gasteiger partial charge in [-0.05, 0) is 18.6 Å². The molecule has 0 fully saturated rings. The fraction of sp³-hybridized carbons (Fsp3) is 0.0909. The molecule has 0 bridgehead atoms. The standard InChI is InChI=1S/C11H11N3O4/c1-7-2-3-8(9(6-7)14(17)18)13-11(16)5-4-10(12)15/h2-6H,1H3,(H2,12,15)(H,13,16). The molecule has 0 heterocycles. The third kappa shape index (κ3) is 3.71. The average molecular weight is 249 g/mol. The summed E-state index contributed by atoms with van der Waals surface area (Å²) in [6, 6.07) is 4.39. The lowest BCUT2D eigenvalue weighted by molar-refractivity contribution is -0.384. The molecule has 1 rings (SSSR count). The van der Waals surface area contributed by atoms with E-state index in [1.807, 2.05) is 0 Å². The number of nitro groups is 1. The van der Waals surface area contributed by atoms with Gasteiger partial charge in [0.15, 0.2) is 0 Å². The normalized spacial score (nSPS) is 10.3. The highest BCUT2D eigenvalue weighted by atomic mass is 16.6. The quantitative estimate of drug-likeness (QED) is 0.468. The summed E-state index contributed by atoms with van der Waals surface area (Å²) in [5.74, 6) is -1.44. The van der Waals surface area contributed by atoms with Crippen molar-refractivity contribution in [3.8, 4) is 0 Å². The van der Waals surface area contributed by atoms with Crippen molar-refractivity contribution < 1.29 is 14.5 Å². The molecule has 0 radical (unpaired) electrons. The molecule has 0 aromatic heterocycles. The third-order valence-electron chi connectivity index (χ3n) is 2.01. The number of hydrogen-bond acceptors (Lipinski definition) is 4. The van der Waals surface area contributed by atoms with Crippen LogP contribution in [-0.2, 0) is 9.59 Å². The van der Waals surface area contributed by atoms with Gasteiger partial charge in [-0.25, -0.2) is 0 Å². The van der Waals surface area contributed by atoms with Crippen molar-refractivity contribution in [2.24, 2.45) is 5.73 Å². The Bertz CT molecular complexity index is 537. The Balaban J connectivity index is 2.94. The Morgan fingerprint density at radius 1 is 1.39 bits per heavy atom. The minimum atomic E-state index is -0.774. The zero-order chi connectivity index (χ0) is 13.7. The molecule has 0 aliphatic rings. The Kier molecular flexibility index (Phi) is 4.14. The predicted octanol–water partition coefficient (Wildman–Crippen LogP) is 0.883. The summed E-state index contributed by atoms with van der Waals surface area (Å²) >= 11 is 0. The number of nitro benzene ring substituents is 1. The molecular formula is C11H11N3O4. The molecule has 0 aliphatic carbocycles. The van der Waals surface area contributed by atoms with Crippen LogP contribution in [0.2, 0.25) is 0 Å². The number of primary amides is 1. The maximum atomic E-state index is 11.3. The second kappa shape index (κ2) is 5.58. The smallest absolute Gasteiger partial charge is 0.293 e. The highest BCUT2D eigenvalue weighted by molar-refractivity contribution is 6.04. The number of amides is 2. The monoisotopic (exact) mass is 249 g/mol. The third-order valence-corrected chi connectivity index (χ3v) is 2.01. The predicted molar refractivity (Wildman–Crippen MR) is 64.8 cm³/mol. The van der Waals surface area contributed by atoms with Crippen molar-refractivity contribution in [1.82, 2.24) is 0 Å². The van der Waals surface area contributed by atoms with E-state index in [9.17, 15) is 19.7 Å². The van der Waals surface area contributed by atoms with E-state index in [-0.39, 0.29) is 11.4 Å². The number of nitrogens with two attached hydrogens (primary N) is 1. The van der Waals surface area contributed by atoms with Gasteiger partial charge in [0.2, 0.25) is 11.8 Å². The van der Waals surface area contributed by atoms with Crippen LogP contribution in [0, 0.1) is 17.0 Å². The summed E-state index contributed by atoms with van der Waals surface area (Å²) in [5.41, 5.74) is 5.37. The van der Waals surface area contributed by atoms with Crippen LogP contribution < -0.4 is 11.1 Å². The van der Waals surface area contributed by atoms with E-state index in [1.165, 1.54) is 12.1 Å². The van der Waals surface area contributed by atoms with E-state index < -0.39 is 16.7 Å². The lowest BCUT2D eigenvalue weighted by Crippen LogP contribution is -2.12. The molecule has 0 saturated carbocycles. The zero-order valence-corrected chi connectivity index (χ0v) is 9.54. The highest BCUT2D eigenvalue weighted by Crippen LogP contribution is 2.25. The van der Waals surface area contributed by atoms with Crippen LogP contribution in [-0.4, -0.2) is 16.7 Å². The number of carbonyl (C=O) groups excluding carboxylic acids is 2. The number of nitrogens with zero attached hydrogens (tertiary/aromatic N) is 1. The minimum absolute atomic E-state index is 0.0599. The van der Waals surface area contributed by atoms with Crippen LogP contribution in [0.1, 0.15) is 5.56 Å². The molecule has 0 atom stereocenters. The van der Waals surface area contributed by atoms with E-state index in [4.69, 9.17) is 5.73 Å².